The number of benzene rings is 1. The average molecular weight is 281 g/mol. The van der Waals surface area contributed by atoms with Crippen LogP contribution >= 0.6 is 11.6 Å². The van der Waals surface area contributed by atoms with Crippen LogP contribution in [0.15, 0.2) is 18.2 Å². The monoisotopic (exact) mass is 280 g/mol. The van der Waals surface area contributed by atoms with Crippen molar-refractivity contribution in [2.24, 2.45) is 5.92 Å². The van der Waals surface area contributed by atoms with Gasteiger partial charge >= 0.3 is 0 Å². The molecule has 5 heteroatoms. The molecule has 1 aliphatic heterocycles. The summed E-state index contributed by atoms with van der Waals surface area (Å²) < 4.78 is 0. The first-order chi connectivity index (χ1) is 9.15. The fourth-order valence-corrected chi connectivity index (χ4v) is 2.64. The second-order valence-electron chi connectivity index (χ2n) is 4.70. The van der Waals surface area contributed by atoms with Crippen LogP contribution in [0.5, 0.6) is 0 Å². The number of amides is 1. The van der Waals surface area contributed by atoms with Gasteiger partial charge in [0.05, 0.1) is 0 Å². The van der Waals surface area contributed by atoms with Crippen molar-refractivity contribution in [1.29, 1.82) is 0 Å². The molecular formula is C14H17ClN2O2. The van der Waals surface area contributed by atoms with Crippen molar-refractivity contribution in [1.82, 2.24) is 5.32 Å². The third-order valence-corrected chi connectivity index (χ3v) is 3.81. The number of aldehydes is 1. The molecule has 0 spiro atoms. The number of halogens is 1. The van der Waals surface area contributed by atoms with Crippen LogP contribution in [0.3, 0.4) is 0 Å². The molecule has 1 N–H and O–H groups in total. The van der Waals surface area contributed by atoms with E-state index in [0.29, 0.717) is 10.6 Å². The molecule has 0 radical (unpaired) electrons. The van der Waals surface area contributed by atoms with Gasteiger partial charge in [0.1, 0.15) is 0 Å². The maximum atomic E-state index is 11.6. The van der Waals surface area contributed by atoms with Gasteiger partial charge in [0.15, 0.2) is 6.29 Å². The molecule has 1 aliphatic rings. The predicted octanol–water partition coefficient (Wildman–Crippen LogP) is 2.11. The van der Waals surface area contributed by atoms with E-state index in [4.69, 9.17) is 11.6 Å². The Morgan fingerprint density at radius 1 is 1.42 bits per heavy atom. The third-order valence-electron chi connectivity index (χ3n) is 3.57. The Labute approximate surface area is 117 Å². The normalized spacial score (nSPS) is 16.2. The van der Waals surface area contributed by atoms with Gasteiger partial charge in [-0.1, -0.05) is 11.6 Å². The van der Waals surface area contributed by atoms with E-state index < -0.39 is 0 Å². The van der Waals surface area contributed by atoms with Crippen molar-refractivity contribution in [2.45, 2.75) is 12.8 Å². The first-order valence-electron chi connectivity index (χ1n) is 6.37. The van der Waals surface area contributed by atoms with Crippen LogP contribution in [-0.4, -0.2) is 32.3 Å². The summed E-state index contributed by atoms with van der Waals surface area (Å²) in [5.74, 6) is 0.168. The van der Waals surface area contributed by atoms with Gasteiger partial charge in [-0.2, -0.15) is 0 Å². The molecule has 1 aromatic rings. The maximum absolute atomic E-state index is 11.6. The van der Waals surface area contributed by atoms with Crippen LogP contribution < -0.4 is 10.2 Å². The number of carbonyl (C=O) groups is 2. The quantitative estimate of drug-likeness (QED) is 0.863. The van der Waals surface area contributed by atoms with E-state index in [9.17, 15) is 9.59 Å². The van der Waals surface area contributed by atoms with Crippen molar-refractivity contribution < 1.29 is 9.59 Å². The Morgan fingerprint density at radius 3 is 2.68 bits per heavy atom. The minimum absolute atomic E-state index is 0.0696. The molecule has 1 aromatic carbocycles. The van der Waals surface area contributed by atoms with E-state index in [1.165, 1.54) is 0 Å². The fraction of sp³-hybridized carbons (Fsp3) is 0.429. The zero-order valence-electron chi connectivity index (χ0n) is 10.9. The van der Waals surface area contributed by atoms with Crippen molar-refractivity contribution in [2.75, 3.05) is 25.0 Å². The summed E-state index contributed by atoms with van der Waals surface area (Å²) in [7, 11) is 1.66. The van der Waals surface area contributed by atoms with Gasteiger partial charge in [-0.15, -0.1) is 0 Å². The fourth-order valence-electron chi connectivity index (χ4n) is 2.48. The van der Waals surface area contributed by atoms with Gasteiger partial charge in [0.25, 0.3) is 0 Å². The van der Waals surface area contributed by atoms with E-state index in [-0.39, 0.29) is 11.8 Å². The first-order valence-corrected chi connectivity index (χ1v) is 6.74. The highest BCUT2D eigenvalue weighted by Gasteiger charge is 2.25. The van der Waals surface area contributed by atoms with Crippen molar-refractivity contribution >= 4 is 29.5 Å². The number of anilines is 1. The molecular weight excluding hydrogens is 264 g/mol. The van der Waals surface area contributed by atoms with E-state index >= 15 is 0 Å². The number of carbonyl (C=O) groups excluding carboxylic acids is 2. The molecule has 0 atom stereocenters. The Morgan fingerprint density at radius 2 is 2.11 bits per heavy atom. The van der Waals surface area contributed by atoms with Crippen LogP contribution in [0.1, 0.15) is 23.2 Å². The lowest BCUT2D eigenvalue weighted by Crippen LogP contribution is -2.39. The van der Waals surface area contributed by atoms with Crippen LogP contribution in [-0.2, 0) is 4.79 Å². The summed E-state index contributed by atoms with van der Waals surface area (Å²) in [6, 6.07) is 5.26. The lowest BCUT2D eigenvalue weighted by Gasteiger charge is -2.33. The number of hydrogen-bond acceptors (Lipinski definition) is 3. The van der Waals surface area contributed by atoms with E-state index in [1.54, 1.807) is 19.2 Å². The summed E-state index contributed by atoms with van der Waals surface area (Å²) in [4.78, 5) is 24.8. The Hall–Kier alpha value is -1.55. The molecule has 0 aliphatic carbocycles. The molecule has 0 aromatic heterocycles. The summed E-state index contributed by atoms with van der Waals surface area (Å²) in [5.41, 5.74) is 1.50. The van der Waals surface area contributed by atoms with Gasteiger partial charge < -0.3 is 10.2 Å². The highest BCUT2D eigenvalue weighted by Crippen LogP contribution is 2.28. The molecule has 1 fully saturated rings. The van der Waals surface area contributed by atoms with Gasteiger partial charge in [0, 0.05) is 42.3 Å². The van der Waals surface area contributed by atoms with E-state index in [0.717, 1.165) is 37.9 Å². The Kier molecular flexibility index (Phi) is 4.43. The lowest BCUT2D eigenvalue weighted by atomic mass is 9.95. The molecule has 0 saturated carbocycles. The summed E-state index contributed by atoms with van der Waals surface area (Å²) in [6.45, 7) is 1.53. The van der Waals surface area contributed by atoms with Crippen LogP contribution in [0.2, 0.25) is 5.02 Å². The molecule has 1 amide bonds. The number of piperidine rings is 1. The minimum atomic E-state index is 0.0696. The molecule has 1 heterocycles. The number of nitrogens with one attached hydrogen (secondary N) is 1. The first kappa shape index (κ1) is 13.9. The smallest absolute Gasteiger partial charge is 0.222 e. The Balaban J connectivity index is 2.11. The van der Waals surface area contributed by atoms with Gasteiger partial charge in [0.2, 0.25) is 5.91 Å². The molecule has 102 valence electrons. The lowest BCUT2D eigenvalue weighted by molar-refractivity contribution is -0.125. The van der Waals surface area contributed by atoms with Crippen LogP contribution in [0, 0.1) is 5.92 Å². The highest BCUT2D eigenvalue weighted by molar-refractivity contribution is 6.31. The topological polar surface area (TPSA) is 49.4 Å². The largest absolute Gasteiger partial charge is 0.371 e. The summed E-state index contributed by atoms with van der Waals surface area (Å²) >= 11 is 5.99. The average Bonchev–Trinajstić information content (AvgIpc) is 2.46. The molecule has 0 bridgehead atoms. The molecule has 1 saturated heterocycles. The van der Waals surface area contributed by atoms with E-state index in [2.05, 4.69) is 10.2 Å². The van der Waals surface area contributed by atoms with Gasteiger partial charge in [-0.05, 0) is 31.0 Å². The number of hydrogen-bond donors (Lipinski definition) is 1. The Bertz CT molecular complexity index is 482. The van der Waals surface area contributed by atoms with Gasteiger partial charge in [-0.3, -0.25) is 9.59 Å². The number of rotatable bonds is 3. The molecule has 19 heavy (non-hydrogen) atoms. The third kappa shape index (κ3) is 3.07. The van der Waals surface area contributed by atoms with Crippen molar-refractivity contribution in [3.8, 4) is 0 Å². The predicted molar refractivity (Wildman–Crippen MR) is 75.8 cm³/mol. The highest BCUT2D eigenvalue weighted by atomic mass is 35.5. The minimum Gasteiger partial charge on any atom is -0.371 e. The SMILES string of the molecule is CNC(=O)C1CCN(c2cc(Cl)ccc2C=O)CC1. The standard InChI is InChI=1S/C14H17ClN2O2/c1-16-14(19)10-4-6-17(7-5-10)13-8-12(15)3-2-11(13)9-18/h2-3,8-10H,4-7H2,1H3,(H,16,19). The summed E-state index contributed by atoms with van der Waals surface area (Å²) in [6.07, 6.45) is 2.44. The van der Waals surface area contributed by atoms with Crippen molar-refractivity contribution in [3.05, 3.63) is 28.8 Å². The maximum Gasteiger partial charge on any atom is 0.222 e. The molecule has 2 rings (SSSR count). The zero-order valence-corrected chi connectivity index (χ0v) is 11.6. The zero-order chi connectivity index (χ0) is 13.8. The van der Waals surface area contributed by atoms with E-state index in [1.807, 2.05) is 6.07 Å². The molecule has 0 unspecified atom stereocenters. The second kappa shape index (κ2) is 6.06. The second-order valence-corrected chi connectivity index (χ2v) is 5.13. The van der Waals surface area contributed by atoms with Crippen LogP contribution in [0.25, 0.3) is 0 Å². The van der Waals surface area contributed by atoms with Crippen molar-refractivity contribution in [3.63, 3.8) is 0 Å². The molecule has 4 nitrogen and oxygen atoms in total. The van der Waals surface area contributed by atoms with Crippen LogP contribution in [0.4, 0.5) is 5.69 Å². The van der Waals surface area contributed by atoms with Gasteiger partial charge in [-0.25, -0.2) is 0 Å². The number of nitrogens with zero attached hydrogens (tertiary/aromatic N) is 1. The summed E-state index contributed by atoms with van der Waals surface area (Å²) in [5, 5.41) is 3.31.